The maximum atomic E-state index is 12.3. The van der Waals surface area contributed by atoms with Crippen molar-refractivity contribution in [3.8, 4) is 0 Å². The highest BCUT2D eigenvalue weighted by molar-refractivity contribution is 8.00. The van der Waals surface area contributed by atoms with Gasteiger partial charge in [-0.2, -0.15) is 0 Å². The molecule has 3 rings (SSSR count). The van der Waals surface area contributed by atoms with E-state index in [0.29, 0.717) is 16.4 Å². The maximum absolute atomic E-state index is 12.3. The lowest BCUT2D eigenvalue weighted by atomic mass is 10.3. The second kappa shape index (κ2) is 8.79. The van der Waals surface area contributed by atoms with Crippen molar-refractivity contribution < 1.29 is 14.0 Å². The van der Waals surface area contributed by atoms with Gasteiger partial charge in [-0.25, -0.2) is 0 Å². The lowest BCUT2D eigenvalue weighted by Crippen LogP contribution is -2.22. The Morgan fingerprint density at radius 3 is 2.22 bits per heavy atom. The Bertz CT molecular complexity index is 909. The summed E-state index contributed by atoms with van der Waals surface area (Å²) >= 11 is 7.27. The van der Waals surface area contributed by atoms with Gasteiger partial charge in [0.05, 0.1) is 11.5 Å². The lowest BCUT2D eigenvalue weighted by molar-refractivity contribution is -0.115. The van der Waals surface area contributed by atoms with Crippen molar-refractivity contribution in [3.05, 3.63) is 77.7 Å². The molecule has 0 bridgehead atoms. The van der Waals surface area contributed by atoms with E-state index in [1.54, 1.807) is 48.5 Å². The highest BCUT2D eigenvalue weighted by Gasteiger charge is 2.15. The monoisotopic (exact) mass is 400 g/mol. The zero-order valence-corrected chi connectivity index (χ0v) is 16.0. The van der Waals surface area contributed by atoms with E-state index in [2.05, 4.69) is 10.6 Å². The fourth-order valence-electron chi connectivity index (χ4n) is 2.25. The smallest absolute Gasteiger partial charge is 0.291 e. The summed E-state index contributed by atoms with van der Waals surface area (Å²) < 4.78 is 5.06. The summed E-state index contributed by atoms with van der Waals surface area (Å²) in [7, 11) is 0. The largest absolute Gasteiger partial charge is 0.459 e. The molecule has 0 saturated heterocycles. The molecule has 27 heavy (non-hydrogen) atoms. The van der Waals surface area contributed by atoms with Crippen LogP contribution in [0.4, 0.5) is 11.4 Å². The van der Waals surface area contributed by atoms with E-state index in [0.717, 1.165) is 4.90 Å². The molecule has 3 aromatic rings. The molecular formula is C20H17ClN2O3S. The molecule has 5 nitrogen and oxygen atoms in total. The van der Waals surface area contributed by atoms with Crippen molar-refractivity contribution in [2.75, 3.05) is 10.6 Å². The molecule has 2 N–H and O–H groups in total. The number of carbonyl (C=O) groups excluding carboxylic acids is 2. The molecule has 1 unspecified atom stereocenters. The van der Waals surface area contributed by atoms with Crippen LogP contribution in [0.15, 0.2) is 76.2 Å². The first-order valence-corrected chi connectivity index (χ1v) is 9.45. The topological polar surface area (TPSA) is 71.3 Å². The van der Waals surface area contributed by atoms with Crippen molar-refractivity contribution in [3.63, 3.8) is 0 Å². The van der Waals surface area contributed by atoms with Crippen LogP contribution in [-0.2, 0) is 4.79 Å². The summed E-state index contributed by atoms with van der Waals surface area (Å²) in [5.41, 5.74) is 1.35. The first kappa shape index (κ1) is 19.1. The van der Waals surface area contributed by atoms with E-state index >= 15 is 0 Å². The van der Waals surface area contributed by atoms with Gasteiger partial charge in [0.25, 0.3) is 5.91 Å². The van der Waals surface area contributed by atoms with Crippen LogP contribution in [0.5, 0.6) is 0 Å². The number of nitrogens with one attached hydrogen (secondary N) is 2. The molecule has 2 amide bonds. The fraction of sp³-hybridized carbons (Fsp3) is 0.100. The van der Waals surface area contributed by atoms with E-state index in [9.17, 15) is 9.59 Å². The molecule has 0 spiro atoms. The Kier molecular flexibility index (Phi) is 6.21. The molecule has 7 heteroatoms. The Balaban J connectivity index is 1.54. The molecule has 0 aliphatic heterocycles. The Morgan fingerprint density at radius 2 is 1.59 bits per heavy atom. The fourth-order valence-corrected chi connectivity index (χ4v) is 3.25. The van der Waals surface area contributed by atoms with E-state index in [4.69, 9.17) is 16.0 Å². The molecule has 0 aliphatic rings. The second-order valence-electron chi connectivity index (χ2n) is 5.71. The molecule has 2 aromatic carbocycles. The number of carbonyl (C=O) groups is 2. The molecule has 1 heterocycles. The highest BCUT2D eigenvalue weighted by Crippen LogP contribution is 2.26. The Hall–Kier alpha value is -2.70. The summed E-state index contributed by atoms with van der Waals surface area (Å²) in [4.78, 5) is 25.2. The van der Waals surface area contributed by atoms with Crippen LogP contribution < -0.4 is 10.6 Å². The van der Waals surface area contributed by atoms with Gasteiger partial charge in [-0.15, -0.1) is 11.8 Å². The van der Waals surface area contributed by atoms with Gasteiger partial charge >= 0.3 is 0 Å². The average Bonchev–Trinajstić information content (AvgIpc) is 3.20. The number of rotatable bonds is 6. The van der Waals surface area contributed by atoms with Gasteiger partial charge in [-0.3, -0.25) is 9.59 Å². The lowest BCUT2D eigenvalue weighted by Gasteiger charge is -2.12. The maximum Gasteiger partial charge on any atom is 0.291 e. The summed E-state index contributed by atoms with van der Waals surface area (Å²) in [5.74, 6) is -0.158. The Labute approximate surface area is 166 Å². The number of hydrogen-bond acceptors (Lipinski definition) is 4. The van der Waals surface area contributed by atoms with Gasteiger partial charge in [-0.1, -0.05) is 11.6 Å². The number of benzene rings is 2. The SMILES string of the molecule is CC(Sc1ccc(NC(=O)c2ccco2)cc1)C(=O)Nc1ccc(Cl)cc1. The predicted octanol–water partition coefficient (Wildman–Crippen LogP) is 5.30. The Morgan fingerprint density at radius 1 is 0.963 bits per heavy atom. The first-order valence-electron chi connectivity index (χ1n) is 8.19. The summed E-state index contributed by atoms with van der Waals surface area (Å²) in [5, 5.41) is 5.94. The van der Waals surface area contributed by atoms with Crippen LogP contribution in [0.2, 0.25) is 5.02 Å². The van der Waals surface area contributed by atoms with E-state index in [1.807, 2.05) is 19.1 Å². The van der Waals surface area contributed by atoms with Crippen LogP contribution in [0, 0.1) is 0 Å². The molecule has 0 fully saturated rings. The molecule has 0 radical (unpaired) electrons. The number of thioether (sulfide) groups is 1. The molecular weight excluding hydrogens is 384 g/mol. The zero-order chi connectivity index (χ0) is 19.2. The van der Waals surface area contributed by atoms with E-state index in [1.165, 1.54) is 18.0 Å². The van der Waals surface area contributed by atoms with Gasteiger partial charge in [-0.05, 0) is 67.6 Å². The molecule has 138 valence electrons. The third-order valence-electron chi connectivity index (χ3n) is 3.65. The van der Waals surface area contributed by atoms with Crippen LogP contribution in [0.25, 0.3) is 0 Å². The second-order valence-corrected chi connectivity index (χ2v) is 7.56. The van der Waals surface area contributed by atoms with Gasteiger partial charge in [0.15, 0.2) is 5.76 Å². The van der Waals surface area contributed by atoms with Crippen molar-refractivity contribution in [1.29, 1.82) is 0 Å². The molecule has 1 atom stereocenters. The minimum absolute atomic E-state index is 0.0995. The van der Waals surface area contributed by atoms with Crippen molar-refractivity contribution >= 4 is 46.6 Å². The van der Waals surface area contributed by atoms with Gasteiger partial charge < -0.3 is 15.1 Å². The number of hydrogen-bond donors (Lipinski definition) is 2. The third kappa shape index (κ3) is 5.39. The summed E-state index contributed by atoms with van der Waals surface area (Å²) in [6.45, 7) is 1.84. The van der Waals surface area contributed by atoms with Crippen molar-refractivity contribution in [2.45, 2.75) is 17.1 Å². The van der Waals surface area contributed by atoms with Gasteiger partial charge in [0.1, 0.15) is 0 Å². The van der Waals surface area contributed by atoms with Crippen LogP contribution in [-0.4, -0.2) is 17.1 Å². The predicted molar refractivity (Wildman–Crippen MR) is 109 cm³/mol. The van der Waals surface area contributed by atoms with E-state index in [-0.39, 0.29) is 22.8 Å². The third-order valence-corrected chi connectivity index (χ3v) is 5.01. The van der Waals surface area contributed by atoms with Gasteiger partial charge in [0, 0.05) is 21.3 Å². The minimum Gasteiger partial charge on any atom is -0.459 e. The minimum atomic E-state index is -0.309. The summed E-state index contributed by atoms with van der Waals surface area (Å²) in [6.07, 6.45) is 1.45. The van der Waals surface area contributed by atoms with Crippen LogP contribution in [0.3, 0.4) is 0 Å². The van der Waals surface area contributed by atoms with Crippen molar-refractivity contribution in [2.24, 2.45) is 0 Å². The summed E-state index contributed by atoms with van der Waals surface area (Å²) in [6, 6.07) is 17.5. The van der Waals surface area contributed by atoms with Gasteiger partial charge in [0.2, 0.25) is 5.91 Å². The van der Waals surface area contributed by atoms with E-state index < -0.39 is 0 Å². The van der Waals surface area contributed by atoms with Crippen LogP contribution >= 0.6 is 23.4 Å². The number of anilines is 2. The highest BCUT2D eigenvalue weighted by atomic mass is 35.5. The quantitative estimate of drug-likeness (QED) is 0.550. The number of amides is 2. The molecule has 1 aromatic heterocycles. The normalized spacial score (nSPS) is 11.6. The number of furan rings is 1. The molecule has 0 saturated carbocycles. The van der Waals surface area contributed by atoms with Crippen LogP contribution in [0.1, 0.15) is 17.5 Å². The molecule has 0 aliphatic carbocycles. The zero-order valence-electron chi connectivity index (χ0n) is 14.4. The first-order chi connectivity index (χ1) is 13.0. The standard InChI is InChI=1S/C20H17ClN2O3S/c1-13(19(24)22-15-6-4-14(21)5-7-15)27-17-10-8-16(9-11-17)23-20(25)18-3-2-12-26-18/h2-13H,1H3,(H,22,24)(H,23,25). The number of halogens is 1. The average molecular weight is 401 g/mol. The van der Waals surface area contributed by atoms with Crippen molar-refractivity contribution in [1.82, 2.24) is 0 Å².